The summed E-state index contributed by atoms with van der Waals surface area (Å²) in [5.74, 6) is 1.53. The van der Waals surface area contributed by atoms with Gasteiger partial charge < -0.3 is 15.1 Å². The minimum atomic E-state index is 0.355. The molecule has 1 N–H and O–H groups in total. The first kappa shape index (κ1) is 17.9. The van der Waals surface area contributed by atoms with Crippen LogP contribution >= 0.6 is 11.3 Å². The summed E-state index contributed by atoms with van der Waals surface area (Å²) in [7, 11) is 8.10. The van der Waals surface area contributed by atoms with Crippen LogP contribution in [0.3, 0.4) is 0 Å². The summed E-state index contributed by atoms with van der Waals surface area (Å²) >= 11 is 1.81. The van der Waals surface area contributed by atoms with Crippen molar-refractivity contribution in [2.75, 3.05) is 40.8 Å². The standard InChI is InChI=1S/C18H28N6S/c1-19-18(20-11-16(22(2)3)17-6-5-9-25-17)24-8-7-14(13-24)15-10-21-23(4)12-15/h5-6,9-10,12,14,16H,7-8,11,13H2,1-4H3,(H,19,20). The molecule has 0 radical (unpaired) electrons. The second-order valence-electron chi connectivity index (χ2n) is 6.80. The molecule has 0 bridgehead atoms. The lowest BCUT2D eigenvalue weighted by molar-refractivity contribution is 0.299. The fourth-order valence-electron chi connectivity index (χ4n) is 3.41. The highest BCUT2D eigenvalue weighted by Gasteiger charge is 2.27. The number of aliphatic imine (C=N–C) groups is 1. The van der Waals surface area contributed by atoms with Gasteiger partial charge in [-0.2, -0.15) is 5.10 Å². The SMILES string of the molecule is CN=C(NCC(c1cccs1)N(C)C)N1CCC(c2cnn(C)c2)C1. The predicted molar refractivity (Wildman–Crippen MR) is 104 cm³/mol. The molecular formula is C18H28N6S. The summed E-state index contributed by atoms with van der Waals surface area (Å²) < 4.78 is 1.88. The monoisotopic (exact) mass is 360 g/mol. The molecule has 0 spiro atoms. The smallest absolute Gasteiger partial charge is 0.193 e. The zero-order chi connectivity index (χ0) is 17.8. The van der Waals surface area contributed by atoms with Crippen molar-refractivity contribution in [1.82, 2.24) is 24.9 Å². The van der Waals surface area contributed by atoms with E-state index >= 15 is 0 Å². The van der Waals surface area contributed by atoms with Gasteiger partial charge in [-0.25, -0.2) is 0 Å². The van der Waals surface area contributed by atoms with Crippen LogP contribution in [0.4, 0.5) is 0 Å². The van der Waals surface area contributed by atoms with Crippen LogP contribution < -0.4 is 5.32 Å². The van der Waals surface area contributed by atoms with Gasteiger partial charge in [0, 0.05) is 50.7 Å². The highest BCUT2D eigenvalue weighted by molar-refractivity contribution is 7.10. The van der Waals surface area contributed by atoms with E-state index in [4.69, 9.17) is 0 Å². The number of thiophene rings is 1. The number of hydrogen-bond donors (Lipinski definition) is 1. The van der Waals surface area contributed by atoms with Gasteiger partial charge in [-0.3, -0.25) is 9.67 Å². The first-order valence-electron chi connectivity index (χ1n) is 8.72. The van der Waals surface area contributed by atoms with Crippen LogP contribution in [0.1, 0.15) is 28.8 Å². The third-order valence-corrected chi connectivity index (χ3v) is 5.82. The van der Waals surface area contributed by atoms with Gasteiger partial charge in [0.25, 0.3) is 0 Å². The molecule has 7 heteroatoms. The predicted octanol–water partition coefficient (Wildman–Crippen LogP) is 2.15. The number of guanidine groups is 1. The van der Waals surface area contributed by atoms with Crippen molar-refractivity contribution in [3.8, 4) is 0 Å². The molecule has 25 heavy (non-hydrogen) atoms. The van der Waals surface area contributed by atoms with E-state index in [0.717, 1.165) is 32.0 Å². The average Bonchev–Trinajstić information content (AvgIpc) is 3.32. The first-order valence-corrected chi connectivity index (χ1v) is 9.60. The molecule has 3 rings (SSSR count). The summed E-state index contributed by atoms with van der Waals surface area (Å²) in [5, 5.41) is 10.0. The molecule has 0 amide bonds. The third-order valence-electron chi connectivity index (χ3n) is 4.84. The Morgan fingerprint density at radius 1 is 1.52 bits per heavy atom. The molecule has 6 nitrogen and oxygen atoms in total. The Balaban J connectivity index is 1.59. The highest BCUT2D eigenvalue weighted by Crippen LogP contribution is 2.27. The maximum absolute atomic E-state index is 4.51. The van der Waals surface area contributed by atoms with Gasteiger partial charge in [0.05, 0.1) is 12.2 Å². The lowest BCUT2D eigenvalue weighted by Crippen LogP contribution is -2.43. The van der Waals surface area contributed by atoms with Gasteiger partial charge in [-0.05, 0) is 37.5 Å². The largest absolute Gasteiger partial charge is 0.354 e. The molecule has 3 heterocycles. The van der Waals surface area contributed by atoms with Crippen molar-refractivity contribution in [3.05, 3.63) is 40.3 Å². The highest BCUT2D eigenvalue weighted by atomic mass is 32.1. The Morgan fingerprint density at radius 2 is 2.36 bits per heavy atom. The van der Waals surface area contributed by atoms with Crippen molar-refractivity contribution >= 4 is 17.3 Å². The number of nitrogens with zero attached hydrogens (tertiary/aromatic N) is 5. The normalized spacial score (nSPS) is 19.6. The van der Waals surface area contributed by atoms with Crippen LogP contribution in [-0.2, 0) is 7.05 Å². The fourth-order valence-corrected chi connectivity index (χ4v) is 4.34. The van der Waals surface area contributed by atoms with Crippen LogP contribution in [-0.4, -0.2) is 66.3 Å². The van der Waals surface area contributed by atoms with Crippen LogP contribution in [0.25, 0.3) is 0 Å². The quantitative estimate of drug-likeness (QED) is 0.656. The topological polar surface area (TPSA) is 48.7 Å². The van der Waals surface area contributed by atoms with E-state index in [2.05, 4.69) is 63.0 Å². The molecule has 1 saturated heterocycles. The Hall–Kier alpha value is -1.86. The number of likely N-dealkylation sites (N-methyl/N-ethyl adjacent to an activating group) is 1. The summed E-state index contributed by atoms with van der Waals surface area (Å²) in [5.41, 5.74) is 1.32. The van der Waals surface area contributed by atoms with E-state index in [-0.39, 0.29) is 0 Å². The molecule has 2 aromatic heterocycles. The minimum Gasteiger partial charge on any atom is -0.354 e. The van der Waals surface area contributed by atoms with Crippen molar-refractivity contribution in [2.24, 2.45) is 12.0 Å². The summed E-state index contributed by atoms with van der Waals surface area (Å²) in [6, 6.07) is 4.67. The molecule has 0 aromatic carbocycles. The number of rotatable bonds is 5. The van der Waals surface area contributed by atoms with E-state index in [0.29, 0.717) is 12.0 Å². The van der Waals surface area contributed by atoms with Crippen LogP contribution in [0, 0.1) is 0 Å². The van der Waals surface area contributed by atoms with Crippen molar-refractivity contribution in [3.63, 3.8) is 0 Å². The number of aryl methyl sites for hydroxylation is 1. The van der Waals surface area contributed by atoms with Gasteiger partial charge in [-0.15, -0.1) is 11.3 Å². The van der Waals surface area contributed by atoms with Crippen LogP contribution in [0.2, 0.25) is 0 Å². The second kappa shape index (κ2) is 8.01. The maximum Gasteiger partial charge on any atom is 0.193 e. The Bertz CT molecular complexity index is 690. The molecule has 0 aliphatic carbocycles. The summed E-state index contributed by atoms with van der Waals surface area (Å²) in [6.07, 6.45) is 5.26. The van der Waals surface area contributed by atoms with Gasteiger partial charge in [0.2, 0.25) is 0 Å². The zero-order valence-corrected chi connectivity index (χ0v) is 16.3. The molecule has 1 aliphatic heterocycles. The Kier molecular flexibility index (Phi) is 5.75. The van der Waals surface area contributed by atoms with E-state index in [1.165, 1.54) is 10.4 Å². The lowest BCUT2D eigenvalue weighted by atomic mass is 10.0. The first-order chi connectivity index (χ1) is 12.1. The van der Waals surface area contributed by atoms with Crippen molar-refractivity contribution < 1.29 is 0 Å². The van der Waals surface area contributed by atoms with Gasteiger partial charge in [0.15, 0.2) is 5.96 Å². The molecule has 0 saturated carbocycles. The van der Waals surface area contributed by atoms with E-state index in [1.54, 1.807) is 11.3 Å². The Labute approximate surface area is 154 Å². The Morgan fingerprint density at radius 3 is 2.96 bits per heavy atom. The van der Waals surface area contributed by atoms with Crippen LogP contribution in [0.15, 0.2) is 34.9 Å². The molecule has 2 aromatic rings. The van der Waals surface area contributed by atoms with E-state index in [9.17, 15) is 0 Å². The summed E-state index contributed by atoms with van der Waals surface area (Å²) in [4.78, 5) is 10.5. The van der Waals surface area contributed by atoms with Crippen molar-refractivity contribution in [1.29, 1.82) is 0 Å². The molecule has 2 atom stereocenters. The van der Waals surface area contributed by atoms with Gasteiger partial charge >= 0.3 is 0 Å². The van der Waals surface area contributed by atoms with Gasteiger partial charge in [-0.1, -0.05) is 6.07 Å². The molecular weight excluding hydrogens is 332 g/mol. The fraction of sp³-hybridized carbons (Fsp3) is 0.556. The maximum atomic E-state index is 4.51. The van der Waals surface area contributed by atoms with E-state index in [1.807, 2.05) is 25.0 Å². The zero-order valence-electron chi connectivity index (χ0n) is 15.5. The van der Waals surface area contributed by atoms with Gasteiger partial charge in [0.1, 0.15) is 0 Å². The van der Waals surface area contributed by atoms with E-state index < -0.39 is 0 Å². The second-order valence-corrected chi connectivity index (χ2v) is 7.78. The minimum absolute atomic E-state index is 0.355. The summed E-state index contributed by atoms with van der Waals surface area (Å²) in [6.45, 7) is 2.89. The number of aromatic nitrogens is 2. The van der Waals surface area contributed by atoms with Crippen LogP contribution in [0.5, 0.6) is 0 Å². The molecule has 2 unspecified atom stereocenters. The molecule has 136 valence electrons. The third kappa shape index (κ3) is 4.22. The molecule has 1 fully saturated rings. The molecule has 1 aliphatic rings. The number of nitrogens with one attached hydrogen (secondary N) is 1. The average molecular weight is 361 g/mol. The number of likely N-dealkylation sites (tertiary alicyclic amines) is 1. The number of hydrogen-bond acceptors (Lipinski definition) is 4. The lowest BCUT2D eigenvalue weighted by Gasteiger charge is -2.27. The van der Waals surface area contributed by atoms with Crippen molar-refractivity contribution in [2.45, 2.75) is 18.4 Å².